The Morgan fingerprint density at radius 3 is 2.36 bits per heavy atom. The number of fused-ring (bicyclic) bond motifs is 1. The van der Waals surface area contributed by atoms with Crippen molar-refractivity contribution in [1.82, 2.24) is 0 Å². The number of rotatable bonds is 0. The van der Waals surface area contributed by atoms with Gasteiger partial charge in [0.2, 0.25) is 0 Å². The first-order chi connectivity index (χ1) is 5.07. The van der Waals surface area contributed by atoms with Crippen molar-refractivity contribution < 1.29 is 4.74 Å². The molecule has 1 heterocycles. The number of epoxide rings is 1. The van der Waals surface area contributed by atoms with Crippen LogP contribution in [0.25, 0.3) is 0 Å². The molecule has 1 heteroatoms. The van der Waals surface area contributed by atoms with Crippen LogP contribution in [-0.2, 0) is 4.74 Å². The predicted octanol–water partition coefficient (Wildman–Crippen LogP) is 2.60. The maximum absolute atomic E-state index is 5.50. The van der Waals surface area contributed by atoms with Crippen molar-refractivity contribution in [2.75, 3.05) is 0 Å². The molecule has 0 unspecified atom stereocenters. The Hall–Kier alpha value is -0.0400. The standard InChI is InChI=1S/C10H18O/c1-10(2,3)7-4-5-8-9(6-7)11-8/h7-9H,4-6H2,1-3H3/t7-,8+,9-/m1/s1. The van der Waals surface area contributed by atoms with Gasteiger partial charge in [-0.15, -0.1) is 0 Å². The van der Waals surface area contributed by atoms with Crippen molar-refractivity contribution in [2.24, 2.45) is 11.3 Å². The van der Waals surface area contributed by atoms with Crippen LogP contribution < -0.4 is 0 Å². The molecule has 0 amide bonds. The Labute approximate surface area is 69.1 Å². The van der Waals surface area contributed by atoms with E-state index in [1.807, 2.05) is 0 Å². The van der Waals surface area contributed by atoms with Gasteiger partial charge in [0.15, 0.2) is 0 Å². The maximum Gasteiger partial charge on any atom is 0.0844 e. The fourth-order valence-corrected chi connectivity index (χ4v) is 2.19. The molecule has 1 aliphatic carbocycles. The average Bonchev–Trinajstić information content (AvgIpc) is 2.60. The normalized spacial score (nSPS) is 43.4. The number of hydrogen-bond acceptors (Lipinski definition) is 1. The lowest BCUT2D eigenvalue weighted by Crippen LogP contribution is -2.25. The van der Waals surface area contributed by atoms with Gasteiger partial charge in [-0.25, -0.2) is 0 Å². The lowest BCUT2D eigenvalue weighted by molar-refractivity contribution is 0.191. The highest BCUT2D eigenvalue weighted by molar-refractivity contribution is 4.94. The Balaban J connectivity index is 1.95. The predicted molar refractivity (Wildman–Crippen MR) is 45.5 cm³/mol. The lowest BCUT2D eigenvalue weighted by Gasteiger charge is -2.32. The first-order valence-electron chi connectivity index (χ1n) is 4.73. The molecular weight excluding hydrogens is 136 g/mol. The van der Waals surface area contributed by atoms with Gasteiger partial charge in [-0.2, -0.15) is 0 Å². The SMILES string of the molecule is CC(C)(C)[C@@H]1CC[C@@H]2O[C@@H]2C1. The summed E-state index contributed by atoms with van der Waals surface area (Å²) >= 11 is 0. The molecule has 0 radical (unpaired) electrons. The van der Waals surface area contributed by atoms with E-state index in [4.69, 9.17) is 4.74 Å². The van der Waals surface area contributed by atoms with E-state index in [-0.39, 0.29) is 0 Å². The molecule has 2 fully saturated rings. The molecule has 0 aromatic rings. The minimum Gasteiger partial charge on any atom is -0.370 e. The second-order valence-electron chi connectivity index (χ2n) is 5.09. The summed E-state index contributed by atoms with van der Waals surface area (Å²) in [6.45, 7) is 7.04. The maximum atomic E-state index is 5.50. The Bertz CT molecular complexity index is 157. The zero-order valence-electron chi connectivity index (χ0n) is 7.76. The third kappa shape index (κ3) is 1.44. The van der Waals surface area contributed by atoms with E-state index >= 15 is 0 Å². The highest BCUT2D eigenvalue weighted by Crippen LogP contribution is 2.45. The van der Waals surface area contributed by atoms with Gasteiger partial charge in [0.25, 0.3) is 0 Å². The molecule has 0 aromatic carbocycles. The molecular formula is C10H18O. The van der Waals surface area contributed by atoms with E-state index in [9.17, 15) is 0 Å². The topological polar surface area (TPSA) is 12.5 Å². The summed E-state index contributed by atoms with van der Waals surface area (Å²) in [4.78, 5) is 0. The van der Waals surface area contributed by atoms with Crippen molar-refractivity contribution in [3.8, 4) is 0 Å². The highest BCUT2D eigenvalue weighted by atomic mass is 16.6. The van der Waals surface area contributed by atoms with E-state index in [1.165, 1.54) is 19.3 Å². The van der Waals surface area contributed by atoms with Gasteiger partial charge in [0.05, 0.1) is 12.2 Å². The van der Waals surface area contributed by atoms with Gasteiger partial charge in [0, 0.05) is 0 Å². The van der Waals surface area contributed by atoms with Gasteiger partial charge in [-0.05, 0) is 30.6 Å². The highest BCUT2D eigenvalue weighted by Gasteiger charge is 2.46. The van der Waals surface area contributed by atoms with Crippen molar-refractivity contribution in [3.05, 3.63) is 0 Å². The van der Waals surface area contributed by atoms with Crippen LogP contribution in [0.15, 0.2) is 0 Å². The first-order valence-corrected chi connectivity index (χ1v) is 4.73. The molecule has 3 atom stereocenters. The van der Waals surface area contributed by atoms with Crippen molar-refractivity contribution in [2.45, 2.75) is 52.2 Å². The van der Waals surface area contributed by atoms with Gasteiger partial charge in [-0.3, -0.25) is 0 Å². The molecule has 1 saturated carbocycles. The van der Waals surface area contributed by atoms with Crippen LogP contribution in [0, 0.1) is 11.3 Å². The Kier molecular flexibility index (Phi) is 1.54. The molecule has 0 bridgehead atoms. The number of hydrogen-bond donors (Lipinski definition) is 0. The van der Waals surface area contributed by atoms with Crippen LogP contribution in [0.4, 0.5) is 0 Å². The van der Waals surface area contributed by atoms with Crippen molar-refractivity contribution in [1.29, 1.82) is 0 Å². The number of ether oxygens (including phenoxy) is 1. The van der Waals surface area contributed by atoms with Gasteiger partial charge in [-0.1, -0.05) is 20.8 Å². The fraction of sp³-hybridized carbons (Fsp3) is 1.00. The third-order valence-corrected chi connectivity index (χ3v) is 3.23. The third-order valence-electron chi connectivity index (χ3n) is 3.23. The molecule has 1 aliphatic heterocycles. The van der Waals surface area contributed by atoms with Crippen LogP contribution >= 0.6 is 0 Å². The minimum absolute atomic E-state index is 0.497. The van der Waals surface area contributed by atoms with E-state index < -0.39 is 0 Å². The molecule has 2 aliphatic rings. The molecule has 0 N–H and O–H groups in total. The molecule has 11 heavy (non-hydrogen) atoms. The van der Waals surface area contributed by atoms with Gasteiger partial charge in [0.1, 0.15) is 0 Å². The summed E-state index contributed by atoms with van der Waals surface area (Å²) in [7, 11) is 0. The van der Waals surface area contributed by atoms with Crippen LogP contribution in [0.2, 0.25) is 0 Å². The fourth-order valence-electron chi connectivity index (χ4n) is 2.19. The zero-order chi connectivity index (χ0) is 8.06. The molecule has 1 saturated heterocycles. The average molecular weight is 154 g/mol. The van der Waals surface area contributed by atoms with Crippen molar-refractivity contribution >= 4 is 0 Å². The molecule has 0 spiro atoms. The summed E-state index contributed by atoms with van der Waals surface area (Å²) < 4.78 is 5.50. The van der Waals surface area contributed by atoms with E-state index in [0.29, 0.717) is 17.6 Å². The molecule has 64 valence electrons. The lowest BCUT2D eigenvalue weighted by atomic mass is 9.72. The van der Waals surface area contributed by atoms with Gasteiger partial charge < -0.3 is 4.74 Å². The summed E-state index contributed by atoms with van der Waals surface area (Å²) in [6, 6.07) is 0. The summed E-state index contributed by atoms with van der Waals surface area (Å²) in [5.74, 6) is 0.895. The first kappa shape index (κ1) is 7.60. The summed E-state index contributed by atoms with van der Waals surface area (Å²) in [5.41, 5.74) is 0.497. The zero-order valence-corrected chi connectivity index (χ0v) is 7.76. The second-order valence-corrected chi connectivity index (χ2v) is 5.09. The molecule has 1 nitrogen and oxygen atoms in total. The van der Waals surface area contributed by atoms with Gasteiger partial charge >= 0.3 is 0 Å². The molecule has 0 aromatic heterocycles. The quantitative estimate of drug-likeness (QED) is 0.489. The monoisotopic (exact) mass is 154 g/mol. The second kappa shape index (κ2) is 2.22. The summed E-state index contributed by atoms with van der Waals surface area (Å²) in [5, 5.41) is 0. The van der Waals surface area contributed by atoms with E-state index in [1.54, 1.807) is 0 Å². The van der Waals surface area contributed by atoms with Crippen LogP contribution in [0.5, 0.6) is 0 Å². The van der Waals surface area contributed by atoms with Crippen LogP contribution in [0.3, 0.4) is 0 Å². The summed E-state index contributed by atoms with van der Waals surface area (Å²) in [6.07, 6.45) is 5.31. The Morgan fingerprint density at radius 1 is 1.09 bits per heavy atom. The largest absolute Gasteiger partial charge is 0.370 e. The van der Waals surface area contributed by atoms with E-state index in [0.717, 1.165) is 5.92 Å². The minimum atomic E-state index is 0.497. The Morgan fingerprint density at radius 2 is 1.82 bits per heavy atom. The molecule has 2 rings (SSSR count). The smallest absolute Gasteiger partial charge is 0.0844 e. The van der Waals surface area contributed by atoms with E-state index in [2.05, 4.69) is 20.8 Å². The van der Waals surface area contributed by atoms with Crippen LogP contribution in [-0.4, -0.2) is 12.2 Å². The van der Waals surface area contributed by atoms with Crippen LogP contribution in [0.1, 0.15) is 40.0 Å². The van der Waals surface area contributed by atoms with Crippen molar-refractivity contribution in [3.63, 3.8) is 0 Å².